The molecule has 0 radical (unpaired) electrons. The highest BCUT2D eigenvalue weighted by Gasteiger charge is 2.44. The van der Waals surface area contributed by atoms with Crippen LogP contribution in [0.15, 0.2) is 0 Å². The van der Waals surface area contributed by atoms with E-state index < -0.39 is 24.2 Å². The molecule has 8 heteroatoms. The minimum atomic E-state index is -4.59. The van der Waals surface area contributed by atoms with Gasteiger partial charge >= 0.3 is 6.18 Å². The molecule has 1 aliphatic heterocycles. The summed E-state index contributed by atoms with van der Waals surface area (Å²) in [6.45, 7) is 4.26. The minimum absolute atomic E-state index is 0. The van der Waals surface area contributed by atoms with Crippen molar-refractivity contribution in [3.8, 4) is 0 Å². The van der Waals surface area contributed by atoms with Crippen LogP contribution in [0.25, 0.3) is 0 Å². The third kappa shape index (κ3) is 5.30. The Labute approximate surface area is 129 Å². The van der Waals surface area contributed by atoms with Crippen molar-refractivity contribution in [2.45, 2.75) is 51.4 Å². The molecule has 0 saturated carbocycles. The maximum Gasteiger partial charge on any atom is 0.414 e. The van der Waals surface area contributed by atoms with Crippen LogP contribution in [0.2, 0.25) is 0 Å². The lowest BCUT2D eigenvalue weighted by Gasteiger charge is -2.36. The monoisotopic (exact) mass is 332 g/mol. The van der Waals surface area contributed by atoms with Gasteiger partial charge in [0.25, 0.3) is 0 Å². The third-order valence-corrected chi connectivity index (χ3v) is 4.18. The van der Waals surface area contributed by atoms with E-state index in [0.29, 0.717) is 0 Å². The van der Waals surface area contributed by atoms with Crippen LogP contribution in [0.4, 0.5) is 13.2 Å². The van der Waals surface area contributed by atoms with Crippen LogP contribution in [0.1, 0.15) is 33.1 Å². The number of nitrogens with two attached hydrogens (primary N) is 1. The average molecular weight is 333 g/mol. The van der Waals surface area contributed by atoms with Gasteiger partial charge in [-0.25, -0.2) is 0 Å². The van der Waals surface area contributed by atoms with E-state index in [1.165, 1.54) is 4.90 Å². The number of amides is 1. The Morgan fingerprint density at radius 2 is 1.86 bits per heavy atom. The first-order valence-electron chi connectivity index (χ1n) is 6.97. The van der Waals surface area contributed by atoms with E-state index in [1.807, 2.05) is 13.8 Å². The lowest BCUT2D eigenvalue weighted by molar-refractivity contribution is -0.223. The SMILES string of the molecule is CCC(C)C(N)C(=O)N1CCC(C(O)C(F)(F)F)CC1.Cl. The standard InChI is InChI=1S/C13H23F3N2O2.ClH/c1-3-8(2)10(17)12(20)18-6-4-9(5-7-18)11(19)13(14,15)16;/h8-11,19H,3-7,17H2,1-2H3;1H. The van der Waals surface area contributed by atoms with Gasteiger partial charge in [0.2, 0.25) is 5.91 Å². The molecule has 3 N–H and O–H groups in total. The highest BCUT2D eigenvalue weighted by atomic mass is 35.5. The summed E-state index contributed by atoms with van der Waals surface area (Å²) in [7, 11) is 0. The molecule has 0 aromatic heterocycles. The van der Waals surface area contributed by atoms with Crippen molar-refractivity contribution in [3.05, 3.63) is 0 Å². The fraction of sp³-hybridized carbons (Fsp3) is 0.923. The first-order valence-corrected chi connectivity index (χ1v) is 6.97. The Morgan fingerprint density at radius 1 is 1.38 bits per heavy atom. The number of carbonyl (C=O) groups is 1. The van der Waals surface area contributed by atoms with Gasteiger partial charge in [-0.3, -0.25) is 4.79 Å². The highest BCUT2D eigenvalue weighted by molar-refractivity contribution is 5.85. The van der Waals surface area contributed by atoms with Gasteiger partial charge in [-0.05, 0) is 24.7 Å². The largest absolute Gasteiger partial charge is 0.414 e. The van der Waals surface area contributed by atoms with Crippen molar-refractivity contribution in [3.63, 3.8) is 0 Å². The number of aliphatic hydroxyl groups excluding tert-OH is 1. The molecule has 1 rings (SSSR count). The lowest BCUT2D eigenvalue weighted by Crippen LogP contribution is -2.51. The van der Waals surface area contributed by atoms with Gasteiger partial charge in [0.05, 0.1) is 6.04 Å². The number of nitrogens with zero attached hydrogens (tertiary/aromatic N) is 1. The Kier molecular flexibility index (Phi) is 7.99. The van der Waals surface area contributed by atoms with Crippen LogP contribution in [0.5, 0.6) is 0 Å². The number of halogens is 4. The molecule has 3 unspecified atom stereocenters. The zero-order valence-corrected chi connectivity index (χ0v) is 13.1. The van der Waals surface area contributed by atoms with E-state index in [2.05, 4.69) is 0 Å². The molecule has 0 aromatic carbocycles. The van der Waals surface area contributed by atoms with Crippen molar-refractivity contribution in [2.24, 2.45) is 17.6 Å². The number of rotatable bonds is 4. The Hall–Kier alpha value is -0.530. The summed E-state index contributed by atoms with van der Waals surface area (Å²) in [6.07, 6.45) is -5.82. The smallest absolute Gasteiger partial charge is 0.383 e. The number of piperidine rings is 1. The fourth-order valence-electron chi connectivity index (χ4n) is 2.41. The number of carbonyl (C=O) groups excluding carboxylic acids is 1. The first-order chi connectivity index (χ1) is 9.18. The number of aliphatic hydroxyl groups is 1. The molecule has 3 atom stereocenters. The molecule has 1 aliphatic rings. The highest BCUT2D eigenvalue weighted by Crippen LogP contribution is 2.31. The molecule has 0 bridgehead atoms. The van der Waals surface area contributed by atoms with Gasteiger partial charge in [0.1, 0.15) is 0 Å². The molecule has 1 saturated heterocycles. The van der Waals surface area contributed by atoms with Crippen LogP contribution in [-0.4, -0.2) is 47.3 Å². The van der Waals surface area contributed by atoms with Gasteiger partial charge in [0, 0.05) is 13.1 Å². The first kappa shape index (κ1) is 20.5. The quantitative estimate of drug-likeness (QED) is 0.827. The fourth-order valence-corrected chi connectivity index (χ4v) is 2.41. The van der Waals surface area contributed by atoms with Gasteiger partial charge in [-0.1, -0.05) is 20.3 Å². The summed E-state index contributed by atoms with van der Waals surface area (Å²) >= 11 is 0. The average Bonchev–Trinajstić information content (AvgIpc) is 2.43. The Balaban J connectivity index is 0.00000400. The second-order valence-electron chi connectivity index (χ2n) is 5.56. The number of alkyl halides is 3. The van der Waals surface area contributed by atoms with Crippen molar-refractivity contribution in [1.82, 2.24) is 4.90 Å². The van der Waals surface area contributed by atoms with E-state index in [4.69, 9.17) is 5.73 Å². The predicted molar refractivity (Wildman–Crippen MR) is 76.0 cm³/mol. The van der Waals surface area contributed by atoms with Gasteiger partial charge in [-0.15, -0.1) is 12.4 Å². The van der Waals surface area contributed by atoms with Crippen LogP contribution in [0.3, 0.4) is 0 Å². The van der Waals surface area contributed by atoms with E-state index >= 15 is 0 Å². The molecule has 1 fully saturated rings. The molecule has 126 valence electrons. The zero-order valence-electron chi connectivity index (χ0n) is 12.3. The predicted octanol–water partition coefficient (Wildman–Crippen LogP) is 1.94. The van der Waals surface area contributed by atoms with Crippen molar-refractivity contribution >= 4 is 18.3 Å². The van der Waals surface area contributed by atoms with Crippen LogP contribution in [-0.2, 0) is 4.79 Å². The summed E-state index contributed by atoms with van der Waals surface area (Å²) in [5, 5.41) is 9.22. The summed E-state index contributed by atoms with van der Waals surface area (Å²) in [5.41, 5.74) is 5.85. The van der Waals surface area contributed by atoms with Crippen LogP contribution >= 0.6 is 12.4 Å². The van der Waals surface area contributed by atoms with Crippen LogP contribution in [0, 0.1) is 11.8 Å². The second kappa shape index (κ2) is 8.19. The third-order valence-electron chi connectivity index (χ3n) is 4.18. The second-order valence-corrected chi connectivity index (χ2v) is 5.56. The lowest BCUT2D eigenvalue weighted by atomic mass is 9.90. The summed E-state index contributed by atoms with van der Waals surface area (Å²) in [4.78, 5) is 13.6. The summed E-state index contributed by atoms with van der Waals surface area (Å²) in [5.74, 6) is -1.00. The summed E-state index contributed by atoms with van der Waals surface area (Å²) < 4.78 is 37.3. The van der Waals surface area contributed by atoms with Crippen molar-refractivity contribution < 1.29 is 23.1 Å². The normalized spacial score (nSPS) is 21.4. The van der Waals surface area contributed by atoms with E-state index in [0.717, 1.165) is 6.42 Å². The summed E-state index contributed by atoms with van der Waals surface area (Å²) in [6, 6.07) is -0.607. The van der Waals surface area contributed by atoms with Crippen LogP contribution < -0.4 is 5.73 Å². The molecular formula is C13H24ClF3N2O2. The van der Waals surface area contributed by atoms with E-state index in [-0.39, 0.29) is 50.2 Å². The maximum absolute atomic E-state index is 12.4. The van der Waals surface area contributed by atoms with Crippen molar-refractivity contribution in [2.75, 3.05) is 13.1 Å². The van der Waals surface area contributed by atoms with E-state index in [9.17, 15) is 23.1 Å². The number of hydrogen-bond donors (Lipinski definition) is 2. The maximum atomic E-state index is 12.4. The molecule has 0 aromatic rings. The van der Waals surface area contributed by atoms with E-state index in [1.54, 1.807) is 0 Å². The topological polar surface area (TPSA) is 66.6 Å². The molecular weight excluding hydrogens is 309 g/mol. The molecule has 0 spiro atoms. The van der Waals surface area contributed by atoms with Gasteiger partial charge in [0.15, 0.2) is 6.10 Å². The Morgan fingerprint density at radius 3 is 2.24 bits per heavy atom. The minimum Gasteiger partial charge on any atom is -0.383 e. The van der Waals surface area contributed by atoms with Crippen molar-refractivity contribution in [1.29, 1.82) is 0 Å². The Bertz CT molecular complexity index is 334. The molecule has 21 heavy (non-hydrogen) atoms. The van der Waals surface area contributed by atoms with Gasteiger partial charge in [-0.2, -0.15) is 13.2 Å². The molecule has 1 heterocycles. The molecule has 1 amide bonds. The number of hydrogen-bond acceptors (Lipinski definition) is 3. The molecule has 4 nitrogen and oxygen atoms in total. The van der Waals surface area contributed by atoms with Gasteiger partial charge < -0.3 is 15.7 Å². The number of likely N-dealkylation sites (tertiary alicyclic amines) is 1. The molecule has 0 aliphatic carbocycles. The zero-order chi connectivity index (χ0) is 15.5.